The minimum absolute atomic E-state index is 0.0659. The number of amides is 1. The molecule has 0 aliphatic heterocycles. The second kappa shape index (κ2) is 51.2. The summed E-state index contributed by atoms with van der Waals surface area (Å²) in [5.74, 6) is -0.0659. The van der Waals surface area contributed by atoms with Gasteiger partial charge in [0.1, 0.15) is 0 Å². The Morgan fingerprint density at radius 1 is 0.417 bits per heavy atom. The van der Waals surface area contributed by atoms with Crippen LogP contribution in [0.4, 0.5) is 0 Å². The summed E-state index contributed by atoms with van der Waals surface area (Å²) in [6.45, 7) is 4.21. The first-order valence-corrected chi connectivity index (χ1v) is 26.2. The van der Waals surface area contributed by atoms with E-state index in [1.54, 1.807) is 6.08 Å². The molecule has 0 aliphatic rings. The maximum atomic E-state index is 12.5. The third-order valence-electron chi connectivity index (χ3n) is 11.7. The minimum Gasteiger partial charge on any atom is -0.394 e. The summed E-state index contributed by atoms with van der Waals surface area (Å²) in [6.07, 6.45) is 73.2. The second-order valence-electron chi connectivity index (χ2n) is 17.6. The fourth-order valence-corrected chi connectivity index (χ4v) is 7.74. The molecule has 0 aromatic heterocycles. The largest absolute Gasteiger partial charge is 0.394 e. The van der Waals surface area contributed by atoms with Crippen LogP contribution >= 0.6 is 0 Å². The van der Waals surface area contributed by atoms with Gasteiger partial charge in [-0.25, -0.2) is 0 Å². The van der Waals surface area contributed by atoms with Crippen LogP contribution in [0.3, 0.4) is 0 Å². The van der Waals surface area contributed by atoms with E-state index in [1.807, 2.05) is 6.08 Å². The molecule has 2 atom stereocenters. The van der Waals surface area contributed by atoms with Gasteiger partial charge in [0.2, 0.25) is 5.91 Å². The van der Waals surface area contributed by atoms with Gasteiger partial charge >= 0.3 is 0 Å². The molecule has 60 heavy (non-hydrogen) atoms. The van der Waals surface area contributed by atoms with Crippen molar-refractivity contribution in [1.29, 1.82) is 0 Å². The molecule has 4 nitrogen and oxygen atoms in total. The van der Waals surface area contributed by atoms with Crippen molar-refractivity contribution >= 4 is 5.91 Å². The number of unbranched alkanes of at least 4 members (excludes halogenated alkanes) is 30. The minimum atomic E-state index is -0.843. The first-order chi connectivity index (χ1) is 29.7. The Labute approximate surface area is 374 Å². The Balaban J connectivity index is 3.54. The van der Waals surface area contributed by atoms with Crippen LogP contribution in [0.25, 0.3) is 0 Å². The van der Waals surface area contributed by atoms with Gasteiger partial charge in [-0.05, 0) is 64.2 Å². The highest BCUT2D eigenvalue weighted by Gasteiger charge is 2.18. The average molecular weight is 836 g/mol. The van der Waals surface area contributed by atoms with Crippen LogP contribution in [0.1, 0.15) is 258 Å². The number of nitrogens with one attached hydrogen (secondary N) is 1. The third-order valence-corrected chi connectivity index (χ3v) is 11.7. The predicted octanol–water partition coefficient (Wildman–Crippen LogP) is 17.0. The molecular formula is C56H101NO3. The van der Waals surface area contributed by atoms with E-state index in [4.69, 9.17) is 0 Å². The van der Waals surface area contributed by atoms with Crippen LogP contribution in [-0.2, 0) is 4.79 Å². The average Bonchev–Trinajstić information content (AvgIpc) is 3.25. The Morgan fingerprint density at radius 2 is 0.733 bits per heavy atom. The lowest BCUT2D eigenvalue weighted by Gasteiger charge is -2.20. The first kappa shape index (κ1) is 57.8. The molecule has 3 N–H and O–H groups in total. The number of rotatable bonds is 47. The van der Waals surface area contributed by atoms with Crippen molar-refractivity contribution in [1.82, 2.24) is 5.32 Å². The number of hydrogen-bond donors (Lipinski definition) is 3. The Kier molecular flexibility index (Phi) is 49.3. The molecule has 0 rings (SSSR count). The molecule has 348 valence electrons. The van der Waals surface area contributed by atoms with E-state index in [0.717, 1.165) is 57.8 Å². The molecule has 4 heteroatoms. The van der Waals surface area contributed by atoms with Crippen LogP contribution in [0, 0.1) is 0 Å². The molecule has 0 heterocycles. The smallest absolute Gasteiger partial charge is 0.220 e. The van der Waals surface area contributed by atoms with Crippen LogP contribution in [0.15, 0.2) is 72.9 Å². The van der Waals surface area contributed by atoms with Gasteiger partial charge in [0.15, 0.2) is 0 Å². The highest BCUT2D eigenvalue weighted by molar-refractivity contribution is 5.76. The Bertz CT molecular complexity index is 1040. The lowest BCUT2D eigenvalue weighted by molar-refractivity contribution is -0.123. The van der Waals surface area contributed by atoms with Gasteiger partial charge in [-0.1, -0.05) is 260 Å². The molecule has 0 fully saturated rings. The van der Waals surface area contributed by atoms with E-state index >= 15 is 0 Å². The fourth-order valence-electron chi connectivity index (χ4n) is 7.74. The maximum Gasteiger partial charge on any atom is 0.220 e. The highest BCUT2D eigenvalue weighted by atomic mass is 16.3. The standard InChI is InChI=1S/C56H101NO3/c1-3-5-7-9-11-13-15-17-19-21-23-24-25-26-27-28-29-30-31-32-34-36-38-40-42-44-46-48-50-52-56(60)57-54(53-58)55(59)51-49-47-45-43-41-39-37-35-33-22-20-18-16-14-12-10-8-6-4-2/h5,7,11,13,17,19,23-24,26-27,49,51,54-55,58-59H,3-4,6,8-10,12,14-16,18,20-22,25,28-48,50,52-53H2,1-2H3,(H,57,60)/b7-5-,13-11-,19-17-,24-23-,27-26-,51-49+. The highest BCUT2D eigenvalue weighted by Crippen LogP contribution is 2.16. The quantitative estimate of drug-likeness (QED) is 0.0422. The van der Waals surface area contributed by atoms with Crippen LogP contribution in [-0.4, -0.2) is 34.9 Å². The second-order valence-corrected chi connectivity index (χ2v) is 17.6. The SMILES string of the molecule is CC/C=C\C/C=C\C/C=C\C/C=C\C/C=C\CCCCCCCCCCCCCCCC(=O)NC(CO)C(O)/C=C/CCCCCCCCCCCCCCCCCCC. The summed E-state index contributed by atoms with van der Waals surface area (Å²) in [5, 5.41) is 23.1. The summed E-state index contributed by atoms with van der Waals surface area (Å²) < 4.78 is 0. The van der Waals surface area contributed by atoms with Crippen molar-refractivity contribution in [2.75, 3.05) is 6.61 Å². The topological polar surface area (TPSA) is 69.6 Å². The molecular weight excluding hydrogens is 735 g/mol. The molecule has 0 saturated heterocycles. The molecule has 0 aliphatic carbocycles. The molecule has 2 unspecified atom stereocenters. The zero-order valence-corrected chi connectivity index (χ0v) is 40.0. The lowest BCUT2D eigenvalue weighted by atomic mass is 10.0. The van der Waals surface area contributed by atoms with Gasteiger partial charge in [0.25, 0.3) is 0 Å². The van der Waals surface area contributed by atoms with E-state index < -0.39 is 12.1 Å². The number of carbonyl (C=O) groups is 1. The predicted molar refractivity (Wildman–Crippen MR) is 267 cm³/mol. The normalized spacial score (nSPS) is 13.5. The lowest BCUT2D eigenvalue weighted by Crippen LogP contribution is -2.45. The maximum absolute atomic E-state index is 12.5. The number of hydrogen-bond acceptors (Lipinski definition) is 3. The molecule has 0 saturated carbocycles. The van der Waals surface area contributed by atoms with Crippen LogP contribution in [0.2, 0.25) is 0 Å². The van der Waals surface area contributed by atoms with Crippen molar-refractivity contribution in [3.05, 3.63) is 72.9 Å². The van der Waals surface area contributed by atoms with Crippen LogP contribution in [0.5, 0.6) is 0 Å². The fraction of sp³-hybridized carbons (Fsp3) is 0.768. The molecule has 0 bridgehead atoms. The summed E-state index contributed by atoms with van der Waals surface area (Å²) in [7, 11) is 0. The van der Waals surface area contributed by atoms with E-state index in [1.165, 1.54) is 180 Å². The zero-order valence-electron chi connectivity index (χ0n) is 40.0. The molecule has 0 aromatic rings. The van der Waals surface area contributed by atoms with Gasteiger partial charge < -0.3 is 15.5 Å². The van der Waals surface area contributed by atoms with E-state index in [2.05, 4.69) is 79.9 Å². The monoisotopic (exact) mass is 836 g/mol. The number of carbonyl (C=O) groups excluding carboxylic acids is 1. The van der Waals surface area contributed by atoms with Gasteiger partial charge in [-0.15, -0.1) is 0 Å². The van der Waals surface area contributed by atoms with E-state index in [0.29, 0.717) is 6.42 Å². The van der Waals surface area contributed by atoms with Crippen molar-refractivity contribution in [3.8, 4) is 0 Å². The number of allylic oxidation sites excluding steroid dienone is 11. The Morgan fingerprint density at radius 3 is 1.10 bits per heavy atom. The van der Waals surface area contributed by atoms with Crippen molar-refractivity contribution in [2.24, 2.45) is 0 Å². The van der Waals surface area contributed by atoms with Gasteiger partial charge in [-0.2, -0.15) is 0 Å². The van der Waals surface area contributed by atoms with Crippen molar-refractivity contribution in [3.63, 3.8) is 0 Å². The zero-order chi connectivity index (χ0) is 43.5. The molecule has 0 spiro atoms. The summed E-state index contributed by atoms with van der Waals surface area (Å²) in [5.41, 5.74) is 0. The van der Waals surface area contributed by atoms with Crippen LogP contribution < -0.4 is 5.32 Å². The summed E-state index contributed by atoms with van der Waals surface area (Å²) in [6, 6.07) is -0.626. The Hall–Kier alpha value is -2.17. The van der Waals surface area contributed by atoms with E-state index in [9.17, 15) is 15.0 Å². The molecule has 0 radical (unpaired) electrons. The van der Waals surface area contributed by atoms with Gasteiger partial charge in [0.05, 0.1) is 18.8 Å². The van der Waals surface area contributed by atoms with E-state index in [-0.39, 0.29) is 12.5 Å². The summed E-state index contributed by atoms with van der Waals surface area (Å²) >= 11 is 0. The van der Waals surface area contributed by atoms with Gasteiger partial charge in [-0.3, -0.25) is 4.79 Å². The number of aliphatic hydroxyl groups is 2. The number of aliphatic hydroxyl groups excluding tert-OH is 2. The van der Waals surface area contributed by atoms with Crippen molar-refractivity contribution < 1.29 is 15.0 Å². The first-order valence-electron chi connectivity index (χ1n) is 26.2. The van der Waals surface area contributed by atoms with Crippen molar-refractivity contribution in [2.45, 2.75) is 270 Å². The summed E-state index contributed by atoms with van der Waals surface area (Å²) in [4.78, 5) is 12.5. The van der Waals surface area contributed by atoms with Gasteiger partial charge in [0, 0.05) is 6.42 Å². The molecule has 0 aromatic carbocycles. The molecule has 1 amide bonds. The third kappa shape index (κ3) is 46.9.